The minimum atomic E-state index is 0.205. The molecule has 1 nitrogen and oxygen atoms in total. The van der Waals surface area contributed by atoms with Gasteiger partial charge in [-0.25, -0.2) is 0 Å². The molecule has 1 aromatic carbocycles. The van der Waals surface area contributed by atoms with Crippen LogP contribution in [0.15, 0.2) is 30.3 Å². The Hall–Kier alpha value is -0.340. The van der Waals surface area contributed by atoms with Gasteiger partial charge in [-0.05, 0) is 30.7 Å². The van der Waals surface area contributed by atoms with Crippen LogP contribution in [0.25, 0.3) is 0 Å². The number of ether oxygens (including phenoxy) is 1. The molecule has 0 saturated heterocycles. The third kappa shape index (κ3) is 3.08. The number of halogens is 1. The summed E-state index contributed by atoms with van der Waals surface area (Å²) in [5, 5.41) is 0.877. The van der Waals surface area contributed by atoms with Crippen LogP contribution in [-0.2, 0) is 4.74 Å². The molecule has 1 aliphatic rings. The van der Waals surface area contributed by atoms with Crippen molar-refractivity contribution >= 4 is 15.9 Å². The fourth-order valence-electron chi connectivity index (χ4n) is 2.38. The summed E-state index contributed by atoms with van der Waals surface area (Å²) in [6.45, 7) is 2.31. The summed E-state index contributed by atoms with van der Waals surface area (Å²) in [6, 6.07) is 10.5. The number of hydrogen-bond donors (Lipinski definition) is 0. The molecule has 0 aromatic heterocycles. The quantitative estimate of drug-likeness (QED) is 0.747. The normalized spacial score (nSPS) is 26.9. The second-order valence-corrected chi connectivity index (χ2v) is 5.38. The lowest BCUT2D eigenvalue weighted by molar-refractivity contribution is 0.00252. The van der Waals surface area contributed by atoms with Crippen molar-refractivity contribution in [3.63, 3.8) is 0 Å². The Kier molecular flexibility index (Phi) is 4.42. The van der Waals surface area contributed by atoms with Crippen molar-refractivity contribution in [2.24, 2.45) is 5.92 Å². The van der Waals surface area contributed by atoms with E-state index in [0.29, 0.717) is 6.10 Å². The van der Waals surface area contributed by atoms with Crippen LogP contribution in [0, 0.1) is 5.92 Å². The molecule has 0 bridgehead atoms. The first-order valence-electron chi connectivity index (χ1n) is 6.06. The molecule has 2 heteroatoms. The van der Waals surface area contributed by atoms with Crippen LogP contribution in [-0.4, -0.2) is 11.4 Å². The smallest absolute Gasteiger partial charge is 0.0925 e. The predicted molar refractivity (Wildman–Crippen MR) is 70.9 cm³/mol. The molecule has 0 spiro atoms. The summed E-state index contributed by atoms with van der Waals surface area (Å²) in [4.78, 5) is 0. The van der Waals surface area contributed by atoms with Gasteiger partial charge in [0.2, 0.25) is 0 Å². The Balaban J connectivity index is 1.96. The van der Waals surface area contributed by atoms with E-state index >= 15 is 0 Å². The van der Waals surface area contributed by atoms with Crippen molar-refractivity contribution in [1.82, 2.24) is 0 Å². The van der Waals surface area contributed by atoms with Crippen LogP contribution in [0.5, 0.6) is 0 Å². The van der Waals surface area contributed by atoms with E-state index in [-0.39, 0.29) is 6.10 Å². The maximum absolute atomic E-state index is 6.17. The van der Waals surface area contributed by atoms with E-state index in [1.165, 1.54) is 24.8 Å². The largest absolute Gasteiger partial charge is 0.369 e. The number of rotatable bonds is 4. The van der Waals surface area contributed by atoms with Crippen molar-refractivity contribution in [1.29, 1.82) is 0 Å². The molecular formula is C14H19BrO. The van der Waals surface area contributed by atoms with E-state index in [0.717, 1.165) is 11.2 Å². The highest BCUT2D eigenvalue weighted by atomic mass is 79.9. The molecule has 3 unspecified atom stereocenters. The van der Waals surface area contributed by atoms with Gasteiger partial charge in [-0.2, -0.15) is 0 Å². The second-order valence-electron chi connectivity index (χ2n) is 4.73. The SMILES string of the molecule is CC1CCC(OC(CBr)c2ccccc2)C1. The Bertz CT molecular complexity index is 312. The van der Waals surface area contributed by atoms with Gasteiger partial charge in [0, 0.05) is 5.33 Å². The molecule has 3 atom stereocenters. The van der Waals surface area contributed by atoms with Gasteiger partial charge in [-0.1, -0.05) is 53.2 Å². The zero-order valence-electron chi connectivity index (χ0n) is 9.73. The first-order valence-corrected chi connectivity index (χ1v) is 7.18. The predicted octanol–water partition coefficient (Wildman–Crippen LogP) is 4.33. The summed E-state index contributed by atoms with van der Waals surface area (Å²) in [5.74, 6) is 0.830. The van der Waals surface area contributed by atoms with Crippen molar-refractivity contribution in [2.45, 2.75) is 38.4 Å². The van der Waals surface area contributed by atoms with Gasteiger partial charge in [0.05, 0.1) is 12.2 Å². The highest BCUT2D eigenvalue weighted by molar-refractivity contribution is 9.09. The van der Waals surface area contributed by atoms with Crippen LogP contribution in [0.2, 0.25) is 0 Å². The van der Waals surface area contributed by atoms with Gasteiger partial charge < -0.3 is 4.74 Å². The van der Waals surface area contributed by atoms with Crippen molar-refractivity contribution < 1.29 is 4.74 Å². The molecule has 1 aliphatic carbocycles. The van der Waals surface area contributed by atoms with Crippen LogP contribution >= 0.6 is 15.9 Å². The van der Waals surface area contributed by atoms with Crippen molar-refractivity contribution in [3.05, 3.63) is 35.9 Å². The van der Waals surface area contributed by atoms with Gasteiger partial charge in [0.25, 0.3) is 0 Å². The first kappa shape index (κ1) is 12.1. The minimum absolute atomic E-state index is 0.205. The third-order valence-corrected chi connectivity index (χ3v) is 3.90. The van der Waals surface area contributed by atoms with Crippen LogP contribution in [0.3, 0.4) is 0 Å². The summed E-state index contributed by atoms with van der Waals surface area (Å²) in [5.41, 5.74) is 1.28. The molecular weight excluding hydrogens is 264 g/mol. The topological polar surface area (TPSA) is 9.23 Å². The van der Waals surface area contributed by atoms with Crippen molar-refractivity contribution in [2.75, 3.05) is 5.33 Å². The van der Waals surface area contributed by atoms with Crippen LogP contribution in [0.4, 0.5) is 0 Å². The lowest BCUT2D eigenvalue weighted by Crippen LogP contribution is -2.15. The van der Waals surface area contributed by atoms with Gasteiger partial charge in [-0.3, -0.25) is 0 Å². The maximum Gasteiger partial charge on any atom is 0.0925 e. The van der Waals surface area contributed by atoms with E-state index in [9.17, 15) is 0 Å². The summed E-state index contributed by atoms with van der Waals surface area (Å²) >= 11 is 3.55. The van der Waals surface area contributed by atoms with E-state index in [1.54, 1.807) is 0 Å². The zero-order chi connectivity index (χ0) is 11.4. The summed E-state index contributed by atoms with van der Waals surface area (Å²) in [7, 11) is 0. The van der Waals surface area contributed by atoms with E-state index in [2.05, 4.69) is 47.1 Å². The average Bonchev–Trinajstić information content (AvgIpc) is 2.73. The molecule has 0 N–H and O–H groups in total. The van der Waals surface area contributed by atoms with Crippen LogP contribution in [0.1, 0.15) is 37.9 Å². The van der Waals surface area contributed by atoms with E-state index in [1.807, 2.05) is 6.07 Å². The first-order chi connectivity index (χ1) is 7.79. The zero-order valence-corrected chi connectivity index (χ0v) is 11.3. The summed E-state index contributed by atoms with van der Waals surface area (Å²) < 4.78 is 6.17. The Morgan fingerprint density at radius 1 is 1.31 bits per heavy atom. The van der Waals surface area contributed by atoms with E-state index in [4.69, 9.17) is 4.74 Å². The number of hydrogen-bond acceptors (Lipinski definition) is 1. The Morgan fingerprint density at radius 2 is 2.06 bits per heavy atom. The lowest BCUT2D eigenvalue weighted by atomic mass is 10.1. The van der Waals surface area contributed by atoms with Gasteiger partial charge in [0.1, 0.15) is 0 Å². The molecule has 1 aromatic rings. The van der Waals surface area contributed by atoms with Gasteiger partial charge >= 0.3 is 0 Å². The number of alkyl halides is 1. The molecule has 1 saturated carbocycles. The third-order valence-electron chi connectivity index (χ3n) is 3.31. The highest BCUT2D eigenvalue weighted by Gasteiger charge is 2.25. The monoisotopic (exact) mass is 282 g/mol. The molecule has 2 rings (SSSR count). The molecule has 16 heavy (non-hydrogen) atoms. The molecule has 1 fully saturated rings. The fraction of sp³-hybridized carbons (Fsp3) is 0.571. The number of benzene rings is 1. The molecule has 0 amide bonds. The maximum atomic E-state index is 6.17. The van der Waals surface area contributed by atoms with Crippen molar-refractivity contribution in [3.8, 4) is 0 Å². The van der Waals surface area contributed by atoms with Gasteiger partial charge in [0.15, 0.2) is 0 Å². The molecule has 0 heterocycles. The standard InChI is InChI=1S/C14H19BrO/c1-11-7-8-13(9-11)16-14(10-15)12-5-3-2-4-6-12/h2-6,11,13-14H,7-10H2,1H3. The Morgan fingerprint density at radius 3 is 2.62 bits per heavy atom. The minimum Gasteiger partial charge on any atom is -0.369 e. The molecule has 88 valence electrons. The van der Waals surface area contributed by atoms with Gasteiger partial charge in [-0.15, -0.1) is 0 Å². The van der Waals surface area contributed by atoms with E-state index < -0.39 is 0 Å². The highest BCUT2D eigenvalue weighted by Crippen LogP contribution is 2.31. The molecule has 0 aliphatic heterocycles. The second kappa shape index (κ2) is 5.83. The van der Waals surface area contributed by atoms with Crippen LogP contribution < -0.4 is 0 Å². The lowest BCUT2D eigenvalue weighted by Gasteiger charge is -2.20. The molecule has 0 radical (unpaired) electrons. The average molecular weight is 283 g/mol. The Labute approximate surface area is 106 Å². The fourth-order valence-corrected chi connectivity index (χ4v) is 2.91. The summed E-state index contributed by atoms with van der Waals surface area (Å²) in [6.07, 6.45) is 4.41.